The first-order chi connectivity index (χ1) is 9.15. The molecule has 1 unspecified atom stereocenters. The zero-order chi connectivity index (χ0) is 13.4. The topological polar surface area (TPSA) is 41.6 Å². The van der Waals surface area contributed by atoms with Gasteiger partial charge in [-0.2, -0.15) is 0 Å². The lowest BCUT2D eigenvalue weighted by Gasteiger charge is -2.25. The summed E-state index contributed by atoms with van der Waals surface area (Å²) in [5.41, 5.74) is 6.84. The molecule has 2 heterocycles. The fourth-order valence-electron chi connectivity index (χ4n) is 2.26. The second-order valence-electron chi connectivity index (χ2n) is 4.51. The van der Waals surface area contributed by atoms with Crippen molar-refractivity contribution >= 4 is 23.0 Å². The molecule has 1 aliphatic rings. The molecule has 5 heteroatoms. The molecule has 0 bridgehead atoms. The summed E-state index contributed by atoms with van der Waals surface area (Å²) in [7, 11) is 0. The van der Waals surface area contributed by atoms with Gasteiger partial charge >= 0.3 is 0 Å². The van der Waals surface area contributed by atoms with E-state index in [1.54, 1.807) is 23.5 Å². The Bertz CT molecular complexity index is 618. The van der Waals surface area contributed by atoms with Gasteiger partial charge in [-0.05, 0) is 43.3 Å². The third kappa shape index (κ3) is 2.21. The predicted octanol–water partition coefficient (Wildman–Crippen LogP) is 3.07. The number of thiophene rings is 1. The van der Waals surface area contributed by atoms with Crippen LogP contribution < -0.4 is 10.6 Å². The number of aryl methyl sites for hydroxylation is 1. The second-order valence-corrected chi connectivity index (χ2v) is 5.83. The number of hydrogen-bond donors (Lipinski definition) is 1. The summed E-state index contributed by atoms with van der Waals surface area (Å²) in [5.74, 6) is 0.240. The van der Waals surface area contributed by atoms with Crippen LogP contribution in [0.2, 0.25) is 0 Å². The molecule has 0 amide bonds. The van der Waals surface area contributed by atoms with Gasteiger partial charge in [0.1, 0.15) is 5.82 Å². The van der Waals surface area contributed by atoms with Gasteiger partial charge in [-0.15, -0.1) is 11.3 Å². The Morgan fingerprint density at radius 3 is 2.63 bits per heavy atom. The molecule has 1 aliphatic heterocycles. The first-order valence-electron chi connectivity index (χ1n) is 6.06. The molecule has 1 aromatic heterocycles. The summed E-state index contributed by atoms with van der Waals surface area (Å²) in [4.78, 5) is 8.77. The lowest BCUT2D eigenvalue weighted by molar-refractivity contribution is 0.627. The van der Waals surface area contributed by atoms with Gasteiger partial charge in [0, 0.05) is 15.4 Å². The Hall–Kier alpha value is -1.88. The van der Waals surface area contributed by atoms with E-state index in [-0.39, 0.29) is 11.9 Å². The van der Waals surface area contributed by atoms with E-state index in [9.17, 15) is 4.39 Å². The largest absolute Gasteiger partial charge is 0.369 e. The van der Waals surface area contributed by atoms with Gasteiger partial charge < -0.3 is 10.6 Å². The standard InChI is InChI=1S/C14H14FN3S/c1-9-2-7-13(19-9)12-8-17-14(16)18(12)11-5-3-10(15)4-6-11/h2-7,12H,8H2,1H3,(H2,16,17). The normalized spacial score (nSPS) is 18.7. The van der Waals surface area contributed by atoms with Crippen LogP contribution in [-0.4, -0.2) is 12.5 Å². The van der Waals surface area contributed by atoms with E-state index in [0.29, 0.717) is 12.5 Å². The predicted molar refractivity (Wildman–Crippen MR) is 77.2 cm³/mol. The number of halogens is 1. The van der Waals surface area contributed by atoms with E-state index in [1.165, 1.54) is 21.9 Å². The molecule has 0 spiro atoms. The number of guanidine groups is 1. The Balaban J connectivity index is 1.96. The number of benzene rings is 1. The highest BCUT2D eigenvalue weighted by Gasteiger charge is 2.29. The fourth-order valence-corrected chi connectivity index (χ4v) is 3.22. The number of rotatable bonds is 2. The van der Waals surface area contributed by atoms with Crippen molar-refractivity contribution < 1.29 is 4.39 Å². The summed E-state index contributed by atoms with van der Waals surface area (Å²) in [6, 6.07) is 10.7. The van der Waals surface area contributed by atoms with E-state index in [4.69, 9.17) is 5.73 Å². The fraction of sp³-hybridized carbons (Fsp3) is 0.214. The highest BCUT2D eigenvalue weighted by molar-refractivity contribution is 7.12. The average molecular weight is 275 g/mol. The smallest absolute Gasteiger partial charge is 0.196 e. The van der Waals surface area contributed by atoms with Crippen molar-refractivity contribution in [1.82, 2.24) is 0 Å². The first kappa shape index (κ1) is 12.2. The maximum atomic E-state index is 13.0. The number of anilines is 1. The zero-order valence-corrected chi connectivity index (χ0v) is 11.3. The van der Waals surface area contributed by atoms with E-state index >= 15 is 0 Å². The Morgan fingerprint density at radius 1 is 1.26 bits per heavy atom. The van der Waals surface area contributed by atoms with E-state index < -0.39 is 0 Å². The van der Waals surface area contributed by atoms with Crippen molar-refractivity contribution in [3.63, 3.8) is 0 Å². The summed E-state index contributed by atoms with van der Waals surface area (Å²) >= 11 is 1.74. The molecular weight excluding hydrogens is 261 g/mol. The van der Waals surface area contributed by atoms with Crippen molar-refractivity contribution in [3.05, 3.63) is 52.0 Å². The van der Waals surface area contributed by atoms with Crippen molar-refractivity contribution in [1.29, 1.82) is 0 Å². The van der Waals surface area contributed by atoms with Gasteiger partial charge in [0.2, 0.25) is 0 Å². The van der Waals surface area contributed by atoms with Gasteiger partial charge in [-0.3, -0.25) is 4.99 Å². The molecule has 3 nitrogen and oxygen atoms in total. The summed E-state index contributed by atoms with van der Waals surface area (Å²) in [5, 5.41) is 0. The molecule has 0 fully saturated rings. The molecule has 19 heavy (non-hydrogen) atoms. The number of nitrogens with two attached hydrogens (primary N) is 1. The van der Waals surface area contributed by atoms with Crippen LogP contribution in [0.1, 0.15) is 15.8 Å². The molecule has 2 N–H and O–H groups in total. The van der Waals surface area contributed by atoms with Gasteiger partial charge in [0.25, 0.3) is 0 Å². The zero-order valence-electron chi connectivity index (χ0n) is 10.5. The van der Waals surface area contributed by atoms with Crippen molar-refractivity contribution in [2.24, 2.45) is 10.7 Å². The Kier molecular flexibility index (Phi) is 2.98. The molecule has 0 saturated heterocycles. The van der Waals surface area contributed by atoms with Crippen molar-refractivity contribution in [2.75, 3.05) is 11.4 Å². The maximum Gasteiger partial charge on any atom is 0.196 e. The number of nitrogens with zero attached hydrogens (tertiary/aromatic N) is 2. The molecule has 1 atom stereocenters. The van der Waals surface area contributed by atoms with Crippen LogP contribution in [0.15, 0.2) is 41.4 Å². The highest BCUT2D eigenvalue weighted by Crippen LogP contribution is 2.34. The van der Waals surface area contributed by atoms with Gasteiger partial charge in [-0.25, -0.2) is 4.39 Å². The monoisotopic (exact) mass is 275 g/mol. The van der Waals surface area contributed by atoms with E-state index in [1.807, 2.05) is 4.90 Å². The minimum absolute atomic E-state index is 0.115. The van der Waals surface area contributed by atoms with Crippen LogP contribution in [0.5, 0.6) is 0 Å². The third-order valence-corrected chi connectivity index (χ3v) is 4.28. The lowest BCUT2D eigenvalue weighted by atomic mass is 10.2. The Labute approximate surface area is 115 Å². The first-order valence-corrected chi connectivity index (χ1v) is 6.88. The van der Waals surface area contributed by atoms with Crippen LogP contribution in [0.3, 0.4) is 0 Å². The van der Waals surface area contributed by atoms with Gasteiger partial charge in [0.05, 0.1) is 12.6 Å². The molecular formula is C14H14FN3S. The van der Waals surface area contributed by atoms with Crippen LogP contribution >= 0.6 is 11.3 Å². The van der Waals surface area contributed by atoms with Crippen molar-refractivity contribution in [2.45, 2.75) is 13.0 Å². The van der Waals surface area contributed by atoms with Gasteiger partial charge in [-0.1, -0.05) is 0 Å². The molecule has 0 saturated carbocycles. The molecule has 1 aromatic carbocycles. The summed E-state index contributed by atoms with van der Waals surface area (Å²) < 4.78 is 13.0. The van der Waals surface area contributed by atoms with E-state index in [2.05, 4.69) is 24.0 Å². The molecule has 0 aliphatic carbocycles. The van der Waals surface area contributed by atoms with Crippen molar-refractivity contribution in [3.8, 4) is 0 Å². The molecule has 2 aromatic rings. The van der Waals surface area contributed by atoms with E-state index in [0.717, 1.165) is 5.69 Å². The van der Waals surface area contributed by atoms with Crippen LogP contribution in [-0.2, 0) is 0 Å². The maximum absolute atomic E-state index is 13.0. The van der Waals surface area contributed by atoms with Crippen LogP contribution in [0, 0.1) is 12.7 Å². The quantitative estimate of drug-likeness (QED) is 0.915. The molecule has 0 radical (unpaired) electrons. The summed E-state index contributed by atoms with van der Waals surface area (Å²) in [6.45, 7) is 2.72. The van der Waals surface area contributed by atoms with Crippen LogP contribution in [0.4, 0.5) is 10.1 Å². The SMILES string of the molecule is Cc1ccc(C2CN=C(N)N2c2ccc(F)cc2)s1. The van der Waals surface area contributed by atoms with Gasteiger partial charge in [0.15, 0.2) is 5.96 Å². The average Bonchev–Trinajstić information content (AvgIpc) is 2.97. The third-order valence-electron chi connectivity index (χ3n) is 3.18. The minimum atomic E-state index is -0.248. The minimum Gasteiger partial charge on any atom is -0.369 e. The molecule has 3 rings (SSSR count). The summed E-state index contributed by atoms with van der Waals surface area (Å²) in [6.07, 6.45) is 0. The number of hydrogen-bond acceptors (Lipinski definition) is 4. The second kappa shape index (κ2) is 4.66. The highest BCUT2D eigenvalue weighted by atomic mass is 32.1. The van der Waals surface area contributed by atoms with Crippen LogP contribution in [0.25, 0.3) is 0 Å². The molecule has 98 valence electrons. The number of aliphatic imine (C=N–C) groups is 1. The lowest BCUT2D eigenvalue weighted by Crippen LogP contribution is -2.35. The Morgan fingerprint density at radius 2 is 2.00 bits per heavy atom.